The number of hydrazine groups is 1. The van der Waals surface area contributed by atoms with E-state index in [1.807, 2.05) is 0 Å². The lowest BCUT2D eigenvalue weighted by Gasteiger charge is -2.15. The molecule has 3 N–H and O–H groups in total. The first-order valence-corrected chi connectivity index (χ1v) is 5.14. The summed E-state index contributed by atoms with van der Waals surface area (Å²) in [6, 6.07) is 0.0817. The summed E-state index contributed by atoms with van der Waals surface area (Å²) in [4.78, 5) is 25.7. The van der Waals surface area contributed by atoms with Crippen molar-refractivity contribution in [3.63, 3.8) is 0 Å². The van der Waals surface area contributed by atoms with Gasteiger partial charge in [0.05, 0.1) is 0 Å². The molecule has 1 fully saturated rings. The monoisotopic (exact) mass is 214 g/mol. The number of carbonyl (C=O) groups excluding carboxylic acids is 2. The summed E-state index contributed by atoms with van der Waals surface area (Å²) in [7, 11) is 1.80. The number of nitrogens with two attached hydrogens (primary N) is 1. The normalized spacial score (nSPS) is 16.0. The highest BCUT2D eigenvalue weighted by molar-refractivity contribution is 5.76. The van der Waals surface area contributed by atoms with Crippen LogP contribution in [0.1, 0.15) is 19.3 Å². The number of hydrogen-bond donors (Lipinski definition) is 2. The maximum absolute atomic E-state index is 11.4. The largest absolute Gasteiger partial charge is 0.326 e. The Hall–Kier alpha value is -1.30. The van der Waals surface area contributed by atoms with E-state index in [1.54, 1.807) is 16.8 Å². The van der Waals surface area contributed by atoms with Gasteiger partial charge in [-0.3, -0.25) is 10.2 Å². The molecule has 15 heavy (non-hydrogen) atoms. The second-order valence-corrected chi connectivity index (χ2v) is 3.72. The van der Waals surface area contributed by atoms with Crippen LogP contribution >= 0.6 is 0 Å². The number of rotatable bonds is 5. The zero-order chi connectivity index (χ0) is 11.3. The second kappa shape index (κ2) is 5.55. The number of hydrogen-bond acceptors (Lipinski definition) is 3. The molecule has 3 amide bonds. The van der Waals surface area contributed by atoms with Crippen molar-refractivity contribution in [1.82, 2.24) is 15.2 Å². The van der Waals surface area contributed by atoms with Gasteiger partial charge in [-0.15, -0.1) is 0 Å². The fourth-order valence-electron chi connectivity index (χ4n) is 1.57. The van der Waals surface area contributed by atoms with Crippen molar-refractivity contribution in [1.29, 1.82) is 0 Å². The molecule has 0 atom stereocenters. The first-order valence-electron chi connectivity index (χ1n) is 5.14. The highest BCUT2D eigenvalue weighted by Crippen LogP contribution is 2.07. The van der Waals surface area contributed by atoms with E-state index < -0.39 is 0 Å². The summed E-state index contributed by atoms with van der Waals surface area (Å²) in [5.41, 5.74) is 2.08. The van der Waals surface area contributed by atoms with Gasteiger partial charge in [-0.1, -0.05) is 0 Å². The van der Waals surface area contributed by atoms with Gasteiger partial charge in [0.15, 0.2) is 0 Å². The van der Waals surface area contributed by atoms with E-state index in [1.165, 1.54) is 0 Å². The van der Waals surface area contributed by atoms with E-state index >= 15 is 0 Å². The highest BCUT2D eigenvalue weighted by atomic mass is 16.2. The number of urea groups is 1. The fraction of sp³-hybridized carbons (Fsp3) is 0.778. The number of amides is 3. The van der Waals surface area contributed by atoms with Gasteiger partial charge in [0.2, 0.25) is 5.91 Å². The smallest absolute Gasteiger partial charge is 0.319 e. The Balaban J connectivity index is 2.11. The number of unbranched alkanes of at least 4 members (excludes halogenated alkanes) is 1. The molecule has 1 heterocycles. The summed E-state index contributed by atoms with van der Waals surface area (Å²) in [5.74, 6) is 4.79. The SMILES string of the molecule is CN1CCN(CCCCC(=O)NN)C1=O. The Morgan fingerprint density at radius 3 is 2.73 bits per heavy atom. The van der Waals surface area contributed by atoms with Gasteiger partial charge in [0, 0.05) is 33.1 Å². The van der Waals surface area contributed by atoms with Crippen LogP contribution in [-0.2, 0) is 4.79 Å². The summed E-state index contributed by atoms with van der Waals surface area (Å²) < 4.78 is 0. The molecule has 0 unspecified atom stereocenters. The standard InChI is InChI=1S/C9H18N4O2/c1-12-6-7-13(9(12)15)5-3-2-4-8(14)11-10/h2-7,10H2,1H3,(H,11,14). The highest BCUT2D eigenvalue weighted by Gasteiger charge is 2.24. The summed E-state index contributed by atoms with van der Waals surface area (Å²) in [5, 5.41) is 0. The zero-order valence-electron chi connectivity index (χ0n) is 9.03. The molecule has 6 heteroatoms. The molecule has 86 valence electrons. The van der Waals surface area contributed by atoms with Gasteiger partial charge in [0.1, 0.15) is 0 Å². The second-order valence-electron chi connectivity index (χ2n) is 3.72. The Bertz CT molecular complexity index is 244. The third kappa shape index (κ3) is 3.39. The van der Waals surface area contributed by atoms with Crippen LogP contribution in [-0.4, -0.2) is 48.4 Å². The molecular weight excluding hydrogens is 196 g/mol. The van der Waals surface area contributed by atoms with E-state index in [0.717, 1.165) is 32.5 Å². The number of carbonyl (C=O) groups is 2. The molecule has 0 saturated carbocycles. The molecular formula is C9H18N4O2. The predicted octanol–water partition coefficient (Wildman–Crippen LogP) is -0.486. The average Bonchev–Trinajstić information content (AvgIpc) is 2.55. The van der Waals surface area contributed by atoms with Crippen LogP contribution in [0, 0.1) is 0 Å². The van der Waals surface area contributed by atoms with Gasteiger partial charge in [-0.05, 0) is 12.8 Å². The lowest BCUT2D eigenvalue weighted by Crippen LogP contribution is -2.31. The van der Waals surface area contributed by atoms with Crippen molar-refractivity contribution in [3.8, 4) is 0 Å². The van der Waals surface area contributed by atoms with E-state index in [9.17, 15) is 9.59 Å². The van der Waals surface area contributed by atoms with Gasteiger partial charge in [-0.25, -0.2) is 10.6 Å². The molecule has 0 aromatic carbocycles. The van der Waals surface area contributed by atoms with Crippen LogP contribution in [0.5, 0.6) is 0 Å². The minimum Gasteiger partial charge on any atom is -0.326 e. The Morgan fingerprint density at radius 1 is 1.47 bits per heavy atom. The van der Waals surface area contributed by atoms with Crippen LogP contribution < -0.4 is 11.3 Å². The van der Waals surface area contributed by atoms with Crippen molar-refractivity contribution in [2.24, 2.45) is 5.84 Å². The van der Waals surface area contributed by atoms with Crippen LogP contribution in [0.15, 0.2) is 0 Å². The Labute approximate surface area is 89.4 Å². The van der Waals surface area contributed by atoms with Crippen molar-refractivity contribution >= 4 is 11.9 Å². The maximum atomic E-state index is 11.4. The van der Waals surface area contributed by atoms with E-state index in [4.69, 9.17) is 5.84 Å². The molecule has 1 aliphatic rings. The van der Waals surface area contributed by atoms with Gasteiger partial charge < -0.3 is 9.80 Å². The summed E-state index contributed by atoms with van der Waals surface area (Å²) >= 11 is 0. The topological polar surface area (TPSA) is 78.7 Å². The Kier molecular flexibility index (Phi) is 4.36. The minimum atomic E-state index is -0.153. The molecule has 0 aliphatic carbocycles. The average molecular weight is 214 g/mol. The van der Waals surface area contributed by atoms with Gasteiger partial charge in [-0.2, -0.15) is 0 Å². The molecule has 1 rings (SSSR count). The third-order valence-corrected chi connectivity index (χ3v) is 2.55. The molecule has 0 aromatic rings. The van der Waals surface area contributed by atoms with Gasteiger partial charge >= 0.3 is 6.03 Å². The van der Waals surface area contributed by atoms with Crippen LogP contribution in [0.25, 0.3) is 0 Å². The van der Waals surface area contributed by atoms with Gasteiger partial charge in [0.25, 0.3) is 0 Å². The first-order chi connectivity index (χ1) is 7.15. The number of nitrogens with zero attached hydrogens (tertiary/aromatic N) is 2. The molecule has 1 saturated heterocycles. The van der Waals surface area contributed by atoms with E-state index in [-0.39, 0.29) is 11.9 Å². The van der Waals surface area contributed by atoms with E-state index in [2.05, 4.69) is 5.43 Å². The first kappa shape index (κ1) is 11.8. The molecule has 0 radical (unpaired) electrons. The van der Waals surface area contributed by atoms with Crippen LogP contribution in [0.3, 0.4) is 0 Å². The lowest BCUT2D eigenvalue weighted by molar-refractivity contribution is -0.121. The van der Waals surface area contributed by atoms with Crippen molar-refractivity contribution < 1.29 is 9.59 Å². The summed E-state index contributed by atoms with van der Waals surface area (Å²) in [6.07, 6.45) is 2.03. The van der Waals surface area contributed by atoms with Crippen molar-refractivity contribution in [2.75, 3.05) is 26.7 Å². The third-order valence-electron chi connectivity index (χ3n) is 2.55. The number of likely N-dealkylation sites (N-methyl/N-ethyl adjacent to an activating group) is 1. The molecule has 0 bridgehead atoms. The quantitative estimate of drug-likeness (QED) is 0.281. The minimum absolute atomic E-state index is 0.0817. The Morgan fingerprint density at radius 2 is 2.20 bits per heavy atom. The molecule has 1 aliphatic heterocycles. The zero-order valence-corrected chi connectivity index (χ0v) is 9.03. The predicted molar refractivity (Wildman–Crippen MR) is 55.8 cm³/mol. The molecule has 0 spiro atoms. The van der Waals surface area contributed by atoms with E-state index in [0.29, 0.717) is 6.42 Å². The van der Waals surface area contributed by atoms with Crippen LogP contribution in [0.4, 0.5) is 4.79 Å². The molecule has 6 nitrogen and oxygen atoms in total. The lowest BCUT2D eigenvalue weighted by atomic mass is 10.2. The van der Waals surface area contributed by atoms with Crippen molar-refractivity contribution in [2.45, 2.75) is 19.3 Å². The fourth-order valence-corrected chi connectivity index (χ4v) is 1.57. The van der Waals surface area contributed by atoms with Crippen molar-refractivity contribution in [3.05, 3.63) is 0 Å². The van der Waals surface area contributed by atoms with Crippen LogP contribution in [0.2, 0.25) is 0 Å². The summed E-state index contributed by atoms with van der Waals surface area (Å²) in [6.45, 7) is 2.31. The maximum Gasteiger partial charge on any atom is 0.319 e. The molecule has 0 aromatic heterocycles. The number of nitrogens with one attached hydrogen (secondary N) is 1.